The zero-order valence-corrected chi connectivity index (χ0v) is 11.8. The van der Waals surface area contributed by atoms with Crippen LogP contribution in [0.1, 0.15) is 25.9 Å². The van der Waals surface area contributed by atoms with Gasteiger partial charge in [-0.05, 0) is 26.0 Å². The van der Waals surface area contributed by atoms with Gasteiger partial charge in [-0.25, -0.2) is 9.78 Å². The van der Waals surface area contributed by atoms with Crippen molar-refractivity contribution in [2.75, 3.05) is 0 Å². The second-order valence-electron chi connectivity index (χ2n) is 3.84. The molecule has 0 aliphatic rings. The maximum Gasteiger partial charge on any atom is 0.336 e. The summed E-state index contributed by atoms with van der Waals surface area (Å²) in [5, 5.41) is 10.1. The van der Waals surface area contributed by atoms with Gasteiger partial charge in [0.25, 0.3) is 0 Å². The van der Waals surface area contributed by atoms with Crippen molar-refractivity contribution < 1.29 is 9.90 Å². The van der Waals surface area contributed by atoms with Crippen LogP contribution in [0.4, 0.5) is 0 Å². The molecule has 0 aliphatic heterocycles. The first-order chi connectivity index (χ1) is 8.58. The molecule has 2 aromatic rings. The first kappa shape index (κ1) is 13.1. The first-order valence-electron chi connectivity index (χ1n) is 5.46. The molecule has 18 heavy (non-hydrogen) atoms. The Morgan fingerprint density at radius 1 is 1.39 bits per heavy atom. The number of carbonyl (C=O) groups is 1. The highest BCUT2D eigenvalue weighted by atomic mass is 32.2. The molecule has 2 rings (SSSR count). The number of thiazole rings is 1. The molecular weight excluding hydrogens is 266 g/mol. The molecule has 0 bridgehead atoms. The van der Waals surface area contributed by atoms with Crippen LogP contribution in [0.2, 0.25) is 0 Å². The van der Waals surface area contributed by atoms with Crippen LogP contribution < -0.4 is 0 Å². The third-order valence-corrected chi connectivity index (χ3v) is 4.88. The highest BCUT2D eigenvalue weighted by Crippen LogP contribution is 2.28. The summed E-state index contributed by atoms with van der Waals surface area (Å²) in [4.78, 5) is 17.5. The molecule has 5 heteroatoms. The lowest BCUT2D eigenvalue weighted by molar-refractivity contribution is 0.0693. The fourth-order valence-electron chi connectivity index (χ4n) is 1.51. The molecule has 0 unspecified atom stereocenters. The van der Waals surface area contributed by atoms with E-state index in [1.165, 1.54) is 16.6 Å². The zero-order valence-electron chi connectivity index (χ0n) is 10.1. The topological polar surface area (TPSA) is 50.2 Å². The van der Waals surface area contributed by atoms with Gasteiger partial charge in [-0.15, -0.1) is 23.1 Å². The summed E-state index contributed by atoms with van der Waals surface area (Å²) in [5.41, 5.74) is 1.41. The molecule has 0 amide bonds. The Balaban J connectivity index is 2.13. The molecule has 0 spiro atoms. The van der Waals surface area contributed by atoms with E-state index in [-0.39, 0.29) is 0 Å². The average Bonchev–Trinajstić information content (AvgIpc) is 2.66. The quantitative estimate of drug-likeness (QED) is 0.866. The van der Waals surface area contributed by atoms with Crippen molar-refractivity contribution in [2.45, 2.75) is 24.5 Å². The van der Waals surface area contributed by atoms with Gasteiger partial charge in [0.05, 0.1) is 17.0 Å². The van der Waals surface area contributed by atoms with Crippen molar-refractivity contribution in [3.63, 3.8) is 0 Å². The summed E-state index contributed by atoms with van der Waals surface area (Å²) < 4.78 is 0. The van der Waals surface area contributed by atoms with E-state index in [4.69, 9.17) is 5.11 Å². The summed E-state index contributed by atoms with van der Waals surface area (Å²) in [6.07, 6.45) is 0. The van der Waals surface area contributed by atoms with Gasteiger partial charge in [0.2, 0.25) is 0 Å². The van der Waals surface area contributed by atoms with Crippen LogP contribution in [-0.2, 0) is 5.75 Å². The van der Waals surface area contributed by atoms with Crippen LogP contribution in [0.3, 0.4) is 0 Å². The van der Waals surface area contributed by atoms with E-state index < -0.39 is 5.97 Å². The van der Waals surface area contributed by atoms with Crippen LogP contribution >= 0.6 is 23.1 Å². The molecule has 0 atom stereocenters. The van der Waals surface area contributed by atoms with Gasteiger partial charge in [0.15, 0.2) is 0 Å². The molecule has 1 heterocycles. The minimum Gasteiger partial charge on any atom is -0.478 e. The molecule has 0 saturated carbocycles. The lowest BCUT2D eigenvalue weighted by atomic mass is 10.2. The van der Waals surface area contributed by atoms with E-state index in [9.17, 15) is 4.79 Å². The molecule has 1 aromatic heterocycles. The average molecular weight is 279 g/mol. The predicted molar refractivity (Wildman–Crippen MR) is 74.6 cm³/mol. The van der Waals surface area contributed by atoms with Crippen molar-refractivity contribution in [3.05, 3.63) is 45.4 Å². The van der Waals surface area contributed by atoms with Gasteiger partial charge in [0.1, 0.15) is 5.01 Å². The van der Waals surface area contributed by atoms with Crippen molar-refractivity contribution in [1.29, 1.82) is 0 Å². The molecule has 94 valence electrons. The number of thioether (sulfide) groups is 1. The van der Waals surface area contributed by atoms with E-state index in [2.05, 4.69) is 4.98 Å². The monoisotopic (exact) mass is 279 g/mol. The largest absolute Gasteiger partial charge is 0.478 e. The standard InChI is InChI=1S/C13H13NO2S2/c1-8-9(2)18-12(14-8)7-17-11-6-4-3-5-10(11)13(15)16/h3-6H,7H2,1-2H3,(H,15,16). The van der Waals surface area contributed by atoms with Crippen LogP contribution in [0.25, 0.3) is 0 Å². The lowest BCUT2D eigenvalue weighted by Gasteiger charge is -2.03. The van der Waals surface area contributed by atoms with E-state index in [1.54, 1.807) is 23.5 Å². The number of aryl methyl sites for hydroxylation is 2. The van der Waals surface area contributed by atoms with Crippen LogP contribution in [0.15, 0.2) is 29.2 Å². The summed E-state index contributed by atoms with van der Waals surface area (Å²) in [7, 11) is 0. The van der Waals surface area contributed by atoms with Crippen molar-refractivity contribution in [3.8, 4) is 0 Å². The third-order valence-electron chi connectivity index (χ3n) is 2.54. The predicted octanol–water partition coefficient (Wildman–Crippen LogP) is 3.75. The molecule has 0 fully saturated rings. The minimum atomic E-state index is -0.885. The summed E-state index contributed by atoms with van der Waals surface area (Å²) in [6.45, 7) is 4.04. The smallest absolute Gasteiger partial charge is 0.336 e. The number of aromatic nitrogens is 1. The SMILES string of the molecule is Cc1nc(CSc2ccccc2C(=O)O)sc1C. The summed E-state index contributed by atoms with van der Waals surface area (Å²) in [6, 6.07) is 7.06. The Morgan fingerprint density at radius 2 is 2.11 bits per heavy atom. The molecule has 1 N–H and O–H groups in total. The van der Waals surface area contributed by atoms with E-state index >= 15 is 0 Å². The van der Waals surface area contributed by atoms with Gasteiger partial charge in [0, 0.05) is 9.77 Å². The molecule has 0 aliphatic carbocycles. The van der Waals surface area contributed by atoms with Crippen LogP contribution in [-0.4, -0.2) is 16.1 Å². The molecule has 1 aromatic carbocycles. The number of carboxylic acid groups (broad SMARTS) is 1. The Kier molecular flexibility index (Phi) is 4.04. The minimum absolute atomic E-state index is 0.354. The normalized spacial score (nSPS) is 10.6. The maximum absolute atomic E-state index is 11.1. The maximum atomic E-state index is 11.1. The molecular formula is C13H13NO2S2. The van der Waals surface area contributed by atoms with Gasteiger partial charge >= 0.3 is 5.97 Å². The number of hydrogen-bond donors (Lipinski definition) is 1. The molecule has 3 nitrogen and oxygen atoms in total. The van der Waals surface area contributed by atoms with Gasteiger partial charge in [-0.2, -0.15) is 0 Å². The second-order valence-corrected chi connectivity index (χ2v) is 6.14. The van der Waals surface area contributed by atoms with E-state index in [1.807, 2.05) is 26.0 Å². The summed E-state index contributed by atoms with van der Waals surface area (Å²) in [5.74, 6) is -0.173. The fraction of sp³-hybridized carbons (Fsp3) is 0.231. The first-order valence-corrected chi connectivity index (χ1v) is 7.26. The van der Waals surface area contributed by atoms with Crippen LogP contribution in [0, 0.1) is 13.8 Å². The molecule has 0 saturated heterocycles. The number of carboxylic acids is 1. The Labute approximate surface area is 114 Å². The van der Waals surface area contributed by atoms with E-state index in [0.717, 1.165) is 15.6 Å². The van der Waals surface area contributed by atoms with Gasteiger partial charge in [-0.1, -0.05) is 12.1 Å². The van der Waals surface area contributed by atoms with Gasteiger partial charge < -0.3 is 5.11 Å². The number of nitrogens with zero attached hydrogens (tertiary/aromatic N) is 1. The third kappa shape index (κ3) is 2.91. The number of aromatic carboxylic acids is 1. The Morgan fingerprint density at radius 3 is 2.72 bits per heavy atom. The van der Waals surface area contributed by atoms with Crippen molar-refractivity contribution in [1.82, 2.24) is 4.98 Å². The highest BCUT2D eigenvalue weighted by Gasteiger charge is 2.10. The van der Waals surface area contributed by atoms with Crippen molar-refractivity contribution >= 4 is 29.1 Å². The number of benzene rings is 1. The summed E-state index contributed by atoms with van der Waals surface area (Å²) >= 11 is 3.19. The second kappa shape index (κ2) is 5.54. The van der Waals surface area contributed by atoms with Gasteiger partial charge in [-0.3, -0.25) is 0 Å². The van der Waals surface area contributed by atoms with E-state index in [0.29, 0.717) is 11.3 Å². The number of rotatable bonds is 4. The highest BCUT2D eigenvalue weighted by molar-refractivity contribution is 7.98. The Hall–Kier alpha value is -1.33. The lowest BCUT2D eigenvalue weighted by Crippen LogP contribution is -1.98. The van der Waals surface area contributed by atoms with Crippen molar-refractivity contribution in [2.24, 2.45) is 0 Å². The fourth-order valence-corrected chi connectivity index (χ4v) is 3.48. The zero-order chi connectivity index (χ0) is 13.1. The molecule has 0 radical (unpaired) electrons. The Bertz CT molecular complexity index is 559. The number of hydrogen-bond acceptors (Lipinski definition) is 4. The van der Waals surface area contributed by atoms with Crippen LogP contribution in [0.5, 0.6) is 0 Å².